The van der Waals surface area contributed by atoms with E-state index in [0.717, 1.165) is 58.1 Å². The third-order valence-corrected chi connectivity index (χ3v) is 6.26. The number of rotatable bonds is 3. The lowest BCUT2D eigenvalue weighted by atomic mass is 9.75. The van der Waals surface area contributed by atoms with E-state index >= 15 is 0 Å². The van der Waals surface area contributed by atoms with Crippen LogP contribution < -0.4 is 9.64 Å². The van der Waals surface area contributed by atoms with Gasteiger partial charge in [0.25, 0.3) is 0 Å². The first-order chi connectivity index (χ1) is 14.5. The standard InChI is InChI=1S/C26H25NO3/c1-5-27(6-2)18-11-12-21-22(15-18)29-23-14-16(3)13-17(4)24(23)26(21)20-10-8-7-9-19(20)25(28)30-26/h7-15H,5-6H2,1-4H3. The topological polar surface area (TPSA) is 38.8 Å². The summed E-state index contributed by atoms with van der Waals surface area (Å²) in [5.41, 5.74) is 5.55. The summed E-state index contributed by atoms with van der Waals surface area (Å²) in [7, 11) is 0. The Balaban J connectivity index is 1.84. The van der Waals surface area contributed by atoms with Crippen LogP contribution in [-0.4, -0.2) is 19.1 Å². The molecule has 5 rings (SSSR count). The van der Waals surface area contributed by atoms with Crippen molar-refractivity contribution in [1.29, 1.82) is 0 Å². The van der Waals surface area contributed by atoms with Gasteiger partial charge < -0.3 is 14.4 Å². The molecule has 152 valence electrons. The Labute approximate surface area is 177 Å². The Morgan fingerprint density at radius 2 is 1.67 bits per heavy atom. The van der Waals surface area contributed by atoms with Crippen LogP contribution in [0.3, 0.4) is 0 Å². The van der Waals surface area contributed by atoms with Gasteiger partial charge in [-0.15, -0.1) is 0 Å². The van der Waals surface area contributed by atoms with Crippen LogP contribution in [0.5, 0.6) is 11.5 Å². The van der Waals surface area contributed by atoms with Gasteiger partial charge in [0.1, 0.15) is 11.5 Å². The molecular weight excluding hydrogens is 374 g/mol. The van der Waals surface area contributed by atoms with E-state index in [2.05, 4.69) is 56.9 Å². The molecule has 0 N–H and O–H groups in total. The molecule has 2 heterocycles. The highest BCUT2D eigenvalue weighted by atomic mass is 16.6. The van der Waals surface area contributed by atoms with Gasteiger partial charge in [0.05, 0.1) is 11.1 Å². The highest BCUT2D eigenvalue weighted by Crippen LogP contribution is 2.57. The molecule has 0 aliphatic carbocycles. The molecule has 3 aromatic carbocycles. The largest absolute Gasteiger partial charge is 0.456 e. The minimum absolute atomic E-state index is 0.294. The molecule has 0 saturated heterocycles. The smallest absolute Gasteiger partial charge is 0.340 e. The lowest BCUT2D eigenvalue weighted by Crippen LogP contribution is -2.34. The lowest BCUT2D eigenvalue weighted by molar-refractivity contribution is 0.0222. The molecule has 0 fully saturated rings. The van der Waals surface area contributed by atoms with Crippen LogP contribution in [0.15, 0.2) is 54.6 Å². The summed E-state index contributed by atoms with van der Waals surface area (Å²) >= 11 is 0. The van der Waals surface area contributed by atoms with E-state index < -0.39 is 5.60 Å². The first-order valence-corrected chi connectivity index (χ1v) is 10.5. The third kappa shape index (κ3) is 2.43. The van der Waals surface area contributed by atoms with E-state index in [4.69, 9.17) is 9.47 Å². The Hall–Kier alpha value is -3.27. The first kappa shape index (κ1) is 18.7. The number of aryl methyl sites for hydroxylation is 2. The molecule has 4 nitrogen and oxygen atoms in total. The third-order valence-electron chi connectivity index (χ3n) is 6.26. The average Bonchev–Trinajstić information content (AvgIpc) is 3.01. The quantitative estimate of drug-likeness (QED) is 0.528. The van der Waals surface area contributed by atoms with Crippen molar-refractivity contribution in [3.8, 4) is 11.5 Å². The summed E-state index contributed by atoms with van der Waals surface area (Å²) in [6.45, 7) is 10.2. The van der Waals surface area contributed by atoms with Crippen molar-refractivity contribution < 1.29 is 14.3 Å². The number of ether oxygens (including phenoxy) is 2. The van der Waals surface area contributed by atoms with Gasteiger partial charge in [-0.2, -0.15) is 0 Å². The number of nitrogens with zero attached hydrogens (tertiary/aromatic N) is 1. The molecule has 1 unspecified atom stereocenters. The summed E-state index contributed by atoms with van der Waals surface area (Å²) in [6, 6.07) is 18.1. The second kappa shape index (κ2) is 6.63. The summed E-state index contributed by atoms with van der Waals surface area (Å²) in [4.78, 5) is 15.2. The molecule has 0 bridgehead atoms. The summed E-state index contributed by atoms with van der Waals surface area (Å²) in [5, 5.41) is 0. The van der Waals surface area contributed by atoms with E-state index in [1.54, 1.807) is 0 Å². The highest BCUT2D eigenvalue weighted by Gasteiger charge is 2.54. The minimum Gasteiger partial charge on any atom is -0.456 e. The fraction of sp³-hybridized carbons (Fsp3) is 0.269. The van der Waals surface area contributed by atoms with Crippen molar-refractivity contribution in [1.82, 2.24) is 0 Å². The maximum absolute atomic E-state index is 12.9. The number of esters is 1. The van der Waals surface area contributed by atoms with Crippen molar-refractivity contribution in [3.63, 3.8) is 0 Å². The minimum atomic E-state index is -0.990. The van der Waals surface area contributed by atoms with Crippen LogP contribution in [0.2, 0.25) is 0 Å². The Morgan fingerprint density at radius 3 is 2.43 bits per heavy atom. The van der Waals surface area contributed by atoms with Crippen LogP contribution in [0.25, 0.3) is 0 Å². The number of benzene rings is 3. The second-order valence-corrected chi connectivity index (χ2v) is 8.03. The van der Waals surface area contributed by atoms with Crippen molar-refractivity contribution in [2.45, 2.75) is 33.3 Å². The molecule has 2 aliphatic rings. The van der Waals surface area contributed by atoms with Crippen molar-refractivity contribution >= 4 is 11.7 Å². The monoisotopic (exact) mass is 399 g/mol. The normalized spacial score (nSPS) is 18.3. The van der Waals surface area contributed by atoms with Crippen molar-refractivity contribution in [2.24, 2.45) is 0 Å². The molecule has 30 heavy (non-hydrogen) atoms. The highest BCUT2D eigenvalue weighted by molar-refractivity contribution is 5.97. The van der Waals surface area contributed by atoms with Gasteiger partial charge in [-0.25, -0.2) is 4.79 Å². The fourth-order valence-corrected chi connectivity index (χ4v) is 4.99. The van der Waals surface area contributed by atoms with E-state index in [9.17, 15) is 4.79 Å². The zero-order chi connectivity index (χ0) is 21.0. The lowest BCUT2D eigenvalue weighted by Gasteiger charge is -2.38. The molecule has 4 heteroatoms. The summed E-state index contributed by atoms with van der Waals surface area (Å²) in [6.07, 6.45) is 0. The average molecular weight is 399 g/mol. The molecule has 1 atom stereocenters. The fourth-order valence-electron chi connectivity index (χ4n) is 4.99. The van der Waals surface area contributed by atoms with Crippen LogP contribution in [0, 0.1) is 13.8 Å². The maximum atomic E-state index is 12.9. The van der Waals surface area contributed by atoms with Gasteiger partial charge in [0.2, 0.25) is 0 Å². The number of carbonyl (C=O) groups is 1. The molecular formula is C26H25NO3. The molecule has 1 spiro atoms. The van der Waals surface area contributed by atoms with Crippen LogP contribution in [-0.2, 0) is 10.3 Å². The van der Waals surface area contributed by atoms with Gasteiger partial charge in [-0.1, -0.05) is 24.3 Å². The van der Waals surface area contributed by atoms with E-state index in [1.807, 2.05) is 30.3 Å². The number of hydrogen-bond acceptors (Lipinski definition) is 4. The predicted octanol–water partition coefficient (Wildman–Crippen LogP) is 5.72. The summed E-state index contributed by atoms with van der Waals surface area (Å²) in [5.74, 6) is 1.19. The second-order valence-electron chi connectivity index (χ2n) is 8.03. The maximum Gasteiger partial charge on any atom is 0.340 e. The zero-order valence-corrected chi connectivity index (χ0v) is 17.8. The molecule has 0 saturated carbocycles. The van der Waals surface area contributed by atoms with E-state index in [-0.39, 0.29) is 5.97 Å². The number of carbonyl (C=O) groups excluding carboxylic acids is 1. The molecule has 0 aromatic heterocycles. The molecule has 0 radical (unpaired) electrons. The number of anilines is 1. The van der Waals surface area contributed by atoms with Gasteiger partial charge in [-0.3, -0.25) is 0 Å². The van der Waals surface area contributed by atoms with Crippen LogP contribution >= 0.6 is 0 Å². The van der Waals surface area contributed by atoms with Gasteiger partial charge in [0, 0.05) is 36.0 Å². The SMILES string of the molecule is CCN(CC)c1ccc2c(c1)Oc1cc(C)cc(C)c1C21OC(=O)c2ccccc21. The Bertz CT molecular complexity index is 1180. The van der Waals surface area contributed by atoms with Crippen LogP contribution in [0.4, 0.5) is 5.69 Å². The molecule has 3 aromatic rings. The van der Waals surface area contributed by atoms with E-state index in [0.29, 0.717) is 5.56 Å². The van der Waals surface area contributed by atoms with Gasteiger partial charge in [0.15, 0.2) is 5.60 Å². The number of fused-ring (bicyclic) bond motifs is 6. The van der Waals surface area contributed by atoms with Crippen LogP contribution in [0.1, 0.15) is 52.0 Å². The van der Waals surface area contributed by atoms with E-state index in [1.165, 1.54) is 0 Å². The first-order valence-electron chi connectivity index (χ1n) is 10.5. The van der Waals surface area contributed by atoms with Gasteiger partial charge >= 0.3 is 5.97 Å². The van der Waals surface area contributed by atoms with Gasteiger partial charge in [-0.05, 0) is 63.1 Å². The Kier molecular flexibility index (Phi) is 4.14. The number of hydrogen-bond donors (Lipinski definition) is 0. The summed E-state index contributed by atoms with van der Waals surface area (Å²) < 4.78 is 12.7. The Morgan fingerprint density at radius 1 is 0.900 bits per heavy atom. The zero-order valence-electron chi connectivity index (χ0n) is 17.8. The van der Waals surface area contributed by atoms with Crippen molar-refractivity contribution in [2.75, 3.05) is 18.0 Å². The van der Waals surface area contributed by atoms with Crippen molar-refractivity contribution in [3.05, 3.63) is 88.0 Å². The molecule has 0 amide bonds. The molecule has 2 aliphatic heterocycles. The predicted molar refractivity (Wildman–Crippen MR) is 118 cm³/mol.